The fourth-order valence-electron chi connectivity index (χ4n) is 4.97. The molecule has 0 aliphatic heterocycles. The second-order valence-electron chi connectivity index (χ2n) is 9.58. The Morgan fingerprint density at radius 2 is 1.85 bits per heavy atom. The van der Waals surface area contributed by atoms with Crippen LogP contribution in [0.15, 0.2) is 42.7 Å². The molecule has 1 N–H and O–H groups in total. The first-order chi connectivity index (χ1) is 18.7. The Hall–Kier alpha value is -3.51. The number of rotatable bonds is 9. The summed E-state index contributed by atoms with van der Waals surface area (Å²) in [6.07, 6.45) is -0.871. The molecule has 1 aromatic carbocycles. The minimum absolute atomic E-state index is 0.234. The van der Waals surface area contributed by atoms with Crippen LogP contribution < -0.4 is 19.7 Å². The normalized spacial score (nSPS) is 17.5. The van der Waals surface area contributed by atoms with E-state index < -0.39 is 12.6 Å². The summed E-state index contributed by atoms with van der Waals surface area (Å²) >= 11 is 1.08. The number of nitrogens with one attached hydrogen (secondary N) is 1. The van der Waals surface area contributed by atoms with Crippen LogP contribution in [0.2, 0.25) is 0 Å². The first-order valence-electron chi connectivity index (χ1n) is 12.6. The van der Waals surface area contributed by atoms with Crippen LogP contribution in [0.1, 0.15) is 29.7 Å². The molecule has 0 bridgehead atoms. The van der Waals surface area contributed by atoms with Gasteiger partial charge in [-0.3, -0.25) is 0 Å². The van der Waals surface area contributed by atoms with Crippen LogP contribution in [0.25, 0.3) is 21.5 Å². The summed E-state index contributed by atoms with van der Waals surface area (Å²) < 4.78 is 49.2. The largest absolute Gasteiger partial charge is 0.491 e. The molecular formula is C27H29F3N6O2S. The van der Waals surface area contributed by atoms with Crippen molar-refractivity contribution in [2.24, 2.45) is 0 Å². The van der Waals surface area contributed by atoms with Gasteiger partial charge in [-0.25, -0.2) is 9.97 Å². The maximum absolute atomic E-state index is 12.9. The van der Waals surface area contributed by atoms with E-state index in [0.717, 1.165) is 48.3 Å². The Labute approximate surface area is 228 Å². The van der Waals surface area contributed by atoms with Gasteiger partial charge in [0.05, 0.1) is 31.7 Å². The van der Waals surface area contributed by atoms with Crippen LogP contribution in [0.3, 0.4) is 0 Å². The topological polar surface area (TPSA) is 85.3 Å². The number of alkyl halides is 3. The van der Waals surface area contributed by atoms with Gasteiger partial charge in [0.2, 0.25) is 0 Å². The number of methoxy groups -OCH3 is 2. The highest BCUT2D eigenvalue weighted by molar-refractivity contribution is 7.18. The third-order valence-electron chi connectivity index (χ3n) is 7.01. The van der Waals surface area contributed by atoms with Gasteiger partial charge < -0.3 is 19.7 Å². The summed E-state index contributed by atoms with van der Waals surface area (Å²) in [5.74, 6) is 1.55. The molecule has 12 heteroatoms. The molecule has 1 saturated carbocycles. The molecule has 0 spiro atoms. The zero-order valence-electron chi connectivity index (χ0n) is 21.8. The molecule has 0 amide bonds. The van der Waals surface area contributed by atoms with E-state index in [1.807, 2.05) is 19.2 Å². The molecule has 3 heterocycles. The van der Waals surface area contributed by atoms with Gasteiger partial charge in [0.15, 0.2) is 5.75 Å². The number of benzene rings is 1. The highest BCUT2D eigenvalue weighted by atomic mass is 32.1. The van der Waals surface area contributed by atoms with E-state index in [4.69, 9.17) is 9.47 Å². The lowest BCUT2D eigenvalue weighted by atomic mass is 10.1. The Bertz CT molecular complexity index is 1430. The first kappa shape index (κ1) is 27.1. The van der Waals surface area contributed by atoms with Crippen LogP contribution in [-0.2, 0) is 13.0 Å². The molecule has 5 rings (SSSR count). The third-order valence-corrected chi connectivity index (χ3v) is 8.05. The number of hydrogen-bond acceptors (Lipinski definition) is 9. The molecule has 2 unspecified atom stereocenters. The van der Waals surface area contributed by atoms with Crippen molar-refractivity contribution in [1.82, 2.24) is 25.5 Å². The van der Waals surface area contributed by atoms with E-state index in [1.54, 1.807) is 19.2 Å². The van der Waals surface area contributed by atoms with Gasteiger partial charge in [0.25, 0.3) is 5.88 Å². The number of aromatic nitrogens is 4. The van der Waals surface area contributed by atoms with Crippen LogP contribution in [0.4, 0.5) is 19.0 Å². The molecule has 0 saturated heterocycles. The van der Waals surface area contributed by atoms with Gasteiger partial charge >= 0.3 is 6.18 Å². The maximum Gasteiger partial charge on any atom is 0.393 e. The number of thiophene rings is 1. The average Bonchev–Trinajstić information content (AvgIpc) is 3.57. The monoisotopic (exact) mass is 558 g/mol. The molecule has 1 fully saturated rings. The highest BCUT2D eigenvalue weighted by Gasteiger charge is 2.31. The maximum atomic E-state index is 12.9. The van der Waals surface area contributed by atoms with Crippen molar-refractivity contribution in [3.05, 3.63) is 53.2 Å². The fraction of sp³-hybridized carbons (Fsp3) is 0.407. The molecular weight excluding hydrogens is 529 g/mol. The number of halogens is 3. The van der Waals surface area contributed by atoms with E-state index in [2.05, 4.69) is 42.5 Å². The quantitative estimate of drug-likeness (QED) is 0.292. The molecule has 0 radical (unpaired) electrons. The van der Waals surface area contributed by atoms with Gasteiger partial charge in [0.1, 0.15) is 17.0 Å². The zero-order chi connectivity index (χ0) is 27.6. The number of nitrogens with zero attached hydrogens (tertiary/aromatic N) is 5. The average molecular weight is 559 g/mol. The minimum atomic E-state index is -4.25. The van der Waals surface area contributed by atoms with Gasteiger partial charge in [-0.2, -0.15) is 13.2 Å². The molecule has 4 aromatic rings. The predicted octanol–water partition coefficient (Wildman–Crippen LogP) is 5.42. The number of fused-ring (bicyclic) bond motifs is 1. The molecule has 8 nitrogen and oxygen atoms in total. The van der Waals surface area contributed by atoms with Crippen LogP contribution in [0, 0.1) is 0 Å². The fourth-order valence-corrected chi connectivity index (χ4v) is 6.00. The predicted molar refractivity (Wildman–Crippen MR) is 144 cm³/mol. The molecule has 1 aliphatic carbocycles. The van der Waals surface area contributed by atoms with Crippen LogP contribution in [0.5, 0.6) is 11.6 Å². The van der Waals surface area contributed by atoms with E-state index in [-0.39, 0.29) is 10.9 Å². The zero-order valence-corrected chi connectivity index (χ0v) is 22.6. The smallest absolute Gasteiger partial charge is 0.393 e. The van der Waals surface area contributed by atoms with Gasteiger partial charge in [-0.05, 0) is 30.9 Å². The van der Waals surface area contributed by atoms with Crippen LogP contribution >= 0.6 is 11.3 Å². The molecule has 206 valence electrons. The van der Waals surface area contributed by atoms with Crippen LogP contribution in [-0.4, -0.2) is 59.7 Å². The standard InChI is InChI=1S/C27H29F3N6O2S/c1-36(24-21-11-20(13-27(28,29)30)39-26(21)33-15-32-24)19-9-8-18(10-19)31-14-16-4-6-17(7-5-16)22-12-23(37-2)25(38-3)35-34-22/h4-7,11-12,15,18-19,31H,8-10,13-14H2,1-3H3. The summed E-state index contributed by atoms with van der Waals surface area (Å²) in [6.45, 7) is 0.724. The summed E-state index contributed by atoms with van der Waals surface area (Å²) in [6, 6.07) is 12.1. The van der Waals surface area contributed by atoms with E-state index >= 15 is 0 Å². The Balaban J connectivity index is 1.19. The van der Waals surface area contributed by atoms with Gasteiger partial charge in [0, 0.05) is 42.2 Å². The lowest BCUT2D eigenvalue weighted by Gasteiger charge is -2.26. The van der Waals surface area contributed by atoms with Crippen molar-refractivity contribution in [2.75, 3.05) is 26.2 Å². The number of hydrogen-bond donors (Lipinski definition) is 1. The molecule has 2 atom stereocenters. The lowest BCUT2D eigenvalue weighted by Crippen LogP contribution is -2.33. The van der Waals surface area contributed by atoms with Crippen molar-refractivity contribution in [3.8, 4) is 22.9 Å². The molecule has 1 aliphatic rings. The second-order valence-corrected chi connectivity index (χ2v) is 10.7. The highest BCUT2D eigenvalue weighted by Crippen LogP contribution is 2.36. The lowest BCUT2D eigenvalue weighted by molar-refractivity contribution is -0.126. The van der Waals surface area contributed by atoms with Crippen molar-refractivity contribution in [2.45, 2.75) is 50.5 Å². The summed E-state index contributed by atoms with van der Waals surface area (Å²) in [7, 11) is 5.05. The Morgan fingerprint density at radius 1 is 1.05 bits per heavy atom. The molecule has 3 aromatic heterocycles. The Morgan fingerprint density at radius 3 is 2.56 bits per heavy atom. The van der Waals surface area contributed by atoms with Gasteiger partial charge in [-0.15, -0.1) is 21.5 Å². The third kappa shape index (κ3) is 6.22. The number of anilines is 1. The van der Waals surface area contributed by atoms with E-state index in [9.17, 15) is 13.2 Å². The SMILES string of the molecule is COc1cc(-c2ccc(CNC3CCC(N(C)c4ncnc5sc(CC(F)(F)F)cc45)C3)cc2)nnc1OC. The second kappa shape index (κ2) is 11.3. The van der Waals surface area contributed by atoms with Crippen molar-refractivity contribution in [1.29, 1.82) is 0 Å². The summed E-state index contributed by atoms with van der Waals surface area (Å²) in [5, 5.41) is 12.6. The summed E-state index contributed by atoms with van der Waals surface area (Å²) in [4.78, 5) is 11.6. The summed E-state index contributed by atoms with van der Waals surface area (Å²) in [5.41, 5.74) is 2.78. The Kier molecular flexibility index (Phi) is 7.85. The molecule has 39 heavy (non-hydrogen) atoms. The van der Waals surface area contributed by atoms with Crippen molar-refractivity contribution < 1.29 is 22.6 Å². The van der Waals surface area contributed by atoms with Gasteiger partial charge in [-0.1, -0.05) is 24.3 Å². The van der Waals surface area contributed by atoms with Crippen molar-refractivity contribution >= 4 is 27.4 Å². The van der Waals surface area contributed by atoms with Crippen molar-refractivity contribution in [3.63, 3.8) is 0 Å². The first-order valence-corrected chi connectivity index (χ1v) is 13.4. The van der Waals surface area contributed by atoms with E-state index in [1.165, 1.54) is 13.4 Å². The minimum Gasteiger partial charge on any atom is -0.491 e. The number of ether oxygens (including phenoxy) is 2. The van der Waals surface area contributed by atoms with E-state index in [0.29, 0.717) is 39.4 Å².